The Morgan fingerprint density at radius 2 is 1.97 bits per heavy atom. The topological polar surface area (TPSA) is 108 Å². The molecular weight excluding hydrogens is 404 g/mol. The van der Waals surface area contributed by atoms with Gasteiger partial charge in [-0.2, -0.15) is 0 Å². The van der Waals surface area contributed by atoms with Gasteiger partial charge in [0, 0.05) is 12.6 Å². The smallest absolute Gasteiger partial charge is 0.409 e. The van der Waals surface area contributed by atoms with Gasteiger partial charge in [-0.1, -0.05) is 32.9 Å². The maximum atomic E-state index is 13.4. The van der Waals surface area contributed by atoms with E-state index in [0.717, 1.165) is 5.57 Å². The minimum absolute atomic E-state index is 0.00706. The van der Waals surface area contributed by atoms with E-state index in [0.29, 0.717) is 19.6 Å². The Morgan fingerprint density at radius 1 is 1.33 bits per heavy atom. The summed E-state index contributed by atoms with van der Waals surface area (Å²) in [7, 11) is -0.641. The normalized spacial score (nSPS) is 17.2. The van der Waals surface area contributed by atoms with Crippen molar-refractivity contribution in [3.05, 3.63) is 29.8 Å². The lowest BCUT2D eigenvalue weighted by Crippen LogP contribution is -2.46. The third-order valence-corrected chi connectivity index (χ3v) is 10.4. The van der Waals surface area contributed by atoms with E-state index in [9.17, 15) is 14.7 Å². The highest BCUT2D eigenvalue weighted by Crippen LogP contribution is 2.38. The van der Waals surface area contributed by atoms with Crippen molar-refractivity contribution in [3.8, 4) is 11.5 Å². The molecule has 0 aromatic heterocycles. The first-order valence-corrected chi connectivity index (χ1v) is 12.7. The van der Waals surface area contributed by atoms with E-state index in [-0.39, 0.29) is 39.7 Å². The molecule has 0 bridgehead atoms. The monoisotopic (exact) mass is 436 g/mol. The molecule has 1 atom stereocenters. The van der Waals surface area contributed by atoms with Gasteiger partial charge in [-0.25, -0.2) is 4.79 Å². The average Bonchev–Trinajstić information content (AvgIpc) is 2.99. The lowest BCUT2D eigenvalue weighted by atomic mass is 10.1. The highest BCUT2D eigenvalue weighted by Gasteiger charge is 2.40. The fraction of sp³-hybridized carbons (Fsp3) is 0.524. The number of methoxy groups -OCH3 is 1. The van der Waals surface area contributed by atoms with Gasteiger partial charge in [0.25, 0.3) is 5.91 Å². The minimum atomic E-state index is -2.00. The summed E-state index contributed by atoms with van der Waals surface area (Å²) in [6.07, 6.45) is -0.714. The second-order valence-corrected chi connectivity index (χ2v) is 13.9. The summed E-state index contributed by atoms with van der Waals surface area (Å²) < 4.78 is 11.4. The number of phenols is 1. The third-order valence-electron chi connectivity index (χ3n) is 5.85. The number of nitrogens with one attached hydrogen (secondary N) is 1. The minimum Gasteiger partial charge on any atom is -0.504 e. The van der Waals surface area contributed by atoms with Crippen LogP contribution in [0.4, 0.5) is 10.5 Å². The van der Waals surface area contributed by atoms with Crippen molar-refractivity contribution in [1.82, 2.24) is 4.90 Å². The molecule has 8 nitrogen and oxygen atoms in total. The van der Waals surface area contributed by atoms with Crippen LogP contribution in [-0.2, 0) is 4.43 Å². The zero-order chi connectivity index (χ0) is 22.9. The number of carbonyl (C=O) groups excluding carboxylic acids is 1. The first kappa shape index (κ1) is 23.8. The number of likely N-dealkylation sites (tertiary alicyclic amines) is 1. The van der Waals surface area contributed by atoms with Crippen molar-refractivity contribution in [3.63, 3.8) is 0 Å². The van der Waals surface area contributed by atoms with Gasteiger partial charge < -0.3 is 24.3 Å². The third kappa shape index (κ3) is 5.14. The van der Waals surface area contributed by atoms with Crippen LogP contribution in [0.5, 0.6) is 11.5 Å². The number of nitrogens with zero attached hydrogens (tertiary/aromatic N) is 1. The second kappa shape index (κ2) is 8.69. The van der Waals surface area contributed by atoms with Crippen molar-refractivity contribution < 1.29 is 29.0 Å². The predicted molar refractivity (Wildman–Crippen MR) is 118 cm³/mol. The molecule has 0 unspecified atom stereocenters. The molecule has 0 aliphatic carbocycles. The first-order valence-electron chi connectivity index (χ1n) is 9.79. The van der Waals surface area contributed by atoms with Crippen LogP contribution in [0, 0.1) is 0 Å². The molecule has 0 spiro atoms. The Bertz CT molecular complexity index is 847. The molecule has 1 fully saturated rings. The van der Waals surface area contributed by atoms with Gasteiger partial charge in [0.2, 0.25) is 0 Å². The van der Waals surface area contributed by atoms with Crippen LogP contribution in [0.3, 0.4) is 0 Å². The fourth-order valence-electron chi connectivity index (χ4n) is 3.07. The maximum absolute atomic E-state index is 13.4. The van der Waals surface area contributed by atoms with Crippen LogP contribution in [0.2, 0.25) is 18.1 Å². The molecule has 9 heteroatoms. The van der Waals surface area contributed by atoms with Crippen molar-refractivity contribution in [1.29, 1.82) is 0 Å². The highest BCUT2D eigenvalue weighted by molar-refractivity contribution is 6.74. The zero-order valence-electron chi connectivity index (χ0n) is 18.5. The van der Waals surface area contributed by atoms with E-state index in [1.807, 2.05) is 0 Å². The Hall–Kier alpha value is -2.52. The Labute approximate surface area is 178 Å². The molecule has 30 heavy (non-hydrogen) atoms. The van der Waals surface area contributed by atoms with Crippen molar-refractivity contribution in [2.45, 2.75) is 51.4 Å². The molecule has 1 aliphatic heterocycles. The van der Waals surface area contributed by atoms with Crippen molar-refractivity contribution in [2.24, 2.45) is 0 Å². The van der Waals surface area contributed by atoms with Gasteiger partial charge in [0.1, 0.15) is 0 Å². The van der Waals surface area contributed by atoms with E-state index in [2.05, 4.69) is 45.8 Å². The molecule has 0 saturated carbocycles. The molecule has 1 heterocycles. The molecule has 2 amide bonds. The number of aromatic hydroxyl groups is 1. The molecule has 2 rings (SSSR count). The Morgan fingerprint density at radius 3 is 2.50 bits per heavy atom. The summed E-state index contributed by atoms with van der Waals surface area (Å²) in [5, 5.41) is 21.3. The standard InChI is InChI=1S/C21H32N2O6Si/c1-13-8-14(12-29-30(6,7)21(2,3)4)23(11-13)19(25)15-9-18(28-5)17(24)10-16(15)22-20(26)27/h9-10,14,22,24H,1,8,11-12H2,2-7H3,(H,26,27)/t14-/m0/s1. The predicted octanol–water partition coefficient (Wildman–Crippen LogP) is 4.28. The van der Waals surface area contributed by atoms with Crippen molar-refractivity contribution >= 4 is 26.0 Å². The number of amides is 2. The highest BCUT2D eigenvalue weighted by atomic mass is 28.4. The fourth-order valence-corrected chi connectivity index (χ4v) is 4.11. The summed E-state index contributed by atoms with van der Waals surface area (Å²) in [5.74, 6) is -0.553. The van der Waals surface area contributed by atoms with Crippen LogP contribution >= 0.6 is 0 Å². The number of hydrogen-bond donors (Lipinski definition) is 3. The largest absolute Gasteiger partial charge is 0.504 e. The number of carbonyl (C=O) groups is 2. The van der Waals surface area contributed by atoms with E-state index < -0.39 is 14.4 Å². The van der Waals surface area contributed by atoms with E-state index in [4.69, 9.17) is 14.3 Å². The van der Waals surface area contributed by atoms with Gasteiger partial charge in [-0.05, 0) is 30.6 Å². The molecule has 1 aliphatic rings. The van der Waals surface area contributed by atoms with Crippen LogP contribution in [0.15, 0.2) is 24.3 Å². The van der Waals surface area contributed by atoms with Crippen LogP contribution < -0.4 is 10.1 Å². The number of anilines is 1. The molecule has 3 N–H and O–H groups in total. The SMILES string of the molecule is C=C1C[C@@H](CO[Si](C)(C)C(C)(C)C)N(C(=O)c2cc(OC)c(O)cc2NC(=O)O)C1. The van der Waals surface area contributed by atoms with E-state index in [1.165, 1.54) is 19.2 Å². The number of rotatable bonds is 6. The summed E-state index contributed by atoms with van der Waals surface area (Å²) in [5.41, 5.74) is 0.997. The molecule has 1 aromatic rings. The van der Waals surface area contributed by atoms with Gasteiger partial charge in [0.15, 0.2) is 19.8 Å². The Kier molecular flexibility index (Phi) is 6.88. The molecule has 1 saturated heterocycles. The molecule has 0 radical (unpaired) electrons. The quantitative estimate of drug-likeness (QED) is 0.454. The summed E-state index contributed by atoms with van der Waals surface area (Å²) >= 11 is 0. The van der Waals surface area contributed by atoms with Gasteiger partial charge in [0.05, 0.1) is 31.0 Å². The van der Waals surface area contributed by atoms with E-state index in [1.54, 1.807) is 4.90 Å². The van der Waals surface area contributed by atoms with Crippen molar-refractivity contribution in [2.75, 3.05) is 25.6 Å². The lowest BCUT2D eigenvalue weighted by molar-refractivity contribution is 0.0686. The molecule has 1 aromatic carbocycles. The Balaban J connectivity index is 2.33. The average molecular weight is 437 g/mol. The zero-order valence-corrected chi connectivity index (χ0v) is 19.5. The number of carboxylic acid groups (broad SMARTS) is 1. The lowest BCUT2D eigenvalue weighted by Gasteiger charge is -2.38. The summed E-state index contributed by atoms with van der Waals surface area (Å²) in [4.78, 5) is 26.2. The number of hydrogen-bond acceptors (Lipinski definition) is 5. The molecular formula is C21H32N2O6Si. The van der Waals surface area contributed by atoms with Gasteiger partial charge in [-0.3, -0.25) is 10.1 Å². The van der Waals surface area contributed by atoms with Crippen LogP contribution in [0.1, 0.15) is 37.6 Å². The van der Waals surface area contributed by atoms with Crippen LogP contribution in [-0.4, -0.2) is 61.7 Å². The van der Waals surface area contributed by atoms with Gasteiger partial charge >= 0.3 is 6.09 Å². The first-order chi connectivity index (χ1) is 13.8. The summed E-state index contributed by atoms with van der Waals surface area (Å²) in [6.45, 7) is 15.6. The number of ether oxygens (including phenoxy) is 1. The van der Waals surface area contributed by atoms with Gasteiger partial charge in [-0.15, -0.1) is 0 Å². The number of phenolic OH excluding ortho intramolecular Hbond substituents is 1. The van der Waals surface area contributed by atoms with E-state index >= 15 is 0 Å². The molecule has 166 valence electrons. The van der Waals surface area contributed by atoms with Crippen LogP contribution in [0.25, 0.3) is 0 Å². The maximum Gasteiger partial charge on any atom is 0.409 e. The second-order valence-electron chi connectivity index (χ2n) is 9.11. The summed E-state index contributed by atoms with van der Waals surface area (Å²) in [6, 6.07) is 2.32. The number of benzene rings is 1.